The highest BCUT2D eigenvalue weighted by atomic mass is 16.7. The van der Waals surface area contributed by atoms with Gasteiger partial charge in [-0.05, 0) is 38.5 Å². The van der Waals surface area contributed by atoms with Gasteiger partial charge in [-0.3, -0.25) is 4.79 Å². The Labute approximate surface area is 147 Å². The number of ether oxygens (including phenoxy) is 3. The van der Waals surface area contributed by atoms with Crippen LogP contribution in [0.3, 0.4) is 0 Å². The lowest BCUT2D eigenvalue weighted by molar-refractivity contribution is -0.154. The molecule has 0 amide bonds. The summed E-state index contributed by atoms with van der Waals surface area (Å²) in [5.74, 6) is -0.0563. The fourth-order valence-electron chi connectivity index (χ4n) is 3.01. The van der Waals surface area contributed by atoms with Gasteiger partial charge in [0.25, 0.3) is 0 Å². The topological polar surface area (TPSA) is 44.8 Å². The van der Waals surface area contributed by atoms with Gasteiger partial charge in [0.2, 0.25) is 0 Å². The van der Waals surface area contributed by atoms with Crippen LogP contribution in [0.2, 0.25) is 0 Å². The Kier molecular flexibility index (Phi) is 12.8. The van der Waals surface area contributed by atoms with Crippen LogP contribution in [0.15, 0.2) is 12.2 Å². The average Bonchev–Trinajstić information content (AvgIpc) is 2.59. The van der Waals surface area contributed by atoms with E-state index in [0.717, 1.165) is 32.1 Å². The van der Waals surface area contributed by atoms with Crippen molar-refractivity contribution in [3.8, 4) is 0 Å². The third-order valence-corrected chi connectivity index (χ3v) is 4.45. The molecule has 24 heavy (non-hydrogen) atoms. The molecular weight excluding hydrogens is 304 g/mol. The van der Waals surface area contributed by atoms with Gasteiger partial charge < -0.3 is 14.2 Å². The minimum Gasteiger partial charge on any atom is -0.462 e. The lowest BCUT2D eigenvalue weighted by Gasteiger charge is -2.23. The van der Waals surface area contributed by atoms with Crippen LogP contribution in [0.1, 0.15) is 84.0 Å². The molecule has 2 atom stereocenters. The maximum atomic E-state index is 11.3. The Morgan fingerprint density at radius 1 is 1.25 bits per heavy atom. The van der Waals surface area contributed by atoms with Crippen LogP contribution in [0.4, 0.5) is 0 Å². The van der Waals surface area contributed by atoms with Crippen molar-refractivity contribution >= 4 is 5.97 Å². The van der Waals surface area contributed by atoms with Crippen LogP contribution >= 0.6 is 0 Å². The first-order valence-electron chi connectivity index (χ1n) is 9.73. The van der Waals surface area contributed by atoms with Gasteiger partial charge in [-0.2, -0.15) is 0 Å². The quantitative estimate of drug-likeness (QED) is 0.190. The zero-order valence-corrected chi connectivity index (χ0v) is 15.6. The first-order valence-corrected chi connectivity index (χ1v) is 9.73. The van der Waals surface area contributed by atoms with Crippen LogP contribution in [0.5, 0.6) is 0 Å². The second kappa shape index (κ2) is 14.5. The zero-order valence-electron chi connectivity index (χ0n) is 15.6. The summed E-state index contributed by atoms with van der Waals surface area (Å²) >= 11 is 0. The largest absolute Gasteiger partial charge is 0.462 e. The summed E-state index contributed by atoms with van der Waals surface area (Å²) in [5.41, 5.74) is 0. The van der Waals surface area contributed by atoms with Crippen molar-refractivity contribution in [1.29, 1.82) is 0 Å². The highest BCUT2D eigenvalue weighted by molar-refractivity contribution is 5.70. The van der Waals surface area contributed by atoms with Crippen LogP contribution < -0.4 is 0 Å². The lowest BCUT2D eigenvalue weighted by atomic mass is 10.0. The SMILES string of the molecule is CCCCCCCC/C=C\[C@@H](CC[C@@H]1CCCC(=O)O1)OCOC. The Morgan fingerprint density at radius 2 is 2.04 bits per heavy atom. The number of esters is 1. The number of rotatable bonds is 14. The predicted molar refractivity (Wildman–Crippen MR) is 96.8 cm³/mol. The molecule has 0 N–H and O–H groups in total. The number of hydrogen-bond donors (Lipinski definition) is 0. The third-order valence-electron chi connectivity index (χ3n) is 4.45. The van der Waals surface area contributed by atoms with Crippen molar-refractivity contribution in [2.75, 3.05) is 13.9 Å². The van der Waals surface area contributed by atoms with Gasteiger partial charge in [-0.25, -0.2) is 0 Å². The molecule has 1 aliphatic heterocycles. The van der Waals surface area contributed by atoms with Crippen LogP contribution in [-0.4, -0.2) is 32.1 Å². The van der Waals surface area contributed by atoms with E-state index in [1.807, 2.05) is 0 Å². The highest BCUT2D eigenvalue weighted by Gasteiger charge is 2.21. The first-order chi connectivity index (χ1) is 11.8. The molecule has 1 fully saturated rings. The lowest BCUT2D eigenvalue weighted by Crippen LogP contribution is -2.25. The first kappa shape index (κ1) is 21.2. The van der Waals surface area contributed by atoms with Gasteiger partial charge in [0.15, 0.2) is 0 Å². The normalized spacial score (nSPS) is 19.6. The van der Waals surface area contributed by atoms with Crippen molar-refractivity contribution in [2.24, 2.45) is 0 Å². The van der Waals surface area contributed by atoms with E-state index in [2.05, 4.69) is 19.1 Å². The van der Waals surface area contributed by atoms with Gasteiger partial charge in [0.05, 0.1) is 6.10 Å². The summed E-state index contributed by atoms with van der Waals surface area (Å²) in [7, 11) is 1.64. The highest BCUT2D eigenvalue weighted by Crippen LogP contribution is 2.20. The summed E-state index contributed by atoms with van der Waals surface area (Å²) in [6.07, 6.45) is 17.7. The fraction of sp³-hybridized carbons (Fsp3) is 0.850. The maximum Gasteiger partial charge on any atom is 0.306 e. The predicted octanol–water partition coefficient (Wildman–Crippen LogP) is 5.16. The van der Waals surface area contributed by atoms with Gasteiger partial charge in [0.1, 0.15) is 12.9 Å². The molecule has 1 rings (SSSR count). The van der Waals surface area contributed by atoms with Gasteiger partial charge >= 0.3 is 5.97 Å². The minimum atomic E-state index is -0.0563. The third kappa shape index (κ3) is 10.8. The number of allylic oxidation sites excluding steroid dienone is 1. The molecule has 4 nitrogen and oxygen atoms in total. The summed E-state index contributed by atoms with van der Waals surface area (Å²) < 4.78 is 16.1. The molecular formula is C20H36O4. The molecule has 0 bridgehead atoms. The molecule has 1 saturated heterocycles. The van der Waals surface area contributed by atoms with Crippen molar-refractivity contribution < 1.29 is 19.0 Å². The van der Waals surface area contributed by atoms with Gasteiger partial charge in [-0.1, -0.05) is 51.2 Å². The fourth-order valence-corrected chi connectivity index (χ4v) is 3.01. The van der Waals surface area contributed by atoms with E-state index < -0.39 is 0 Å². The van der Waals surface area contributed by atoms with Crippen LogP contribution in [0.25, 0.3) is 0 Å². The Balaban J connectivity index is 2.20. The standard InChI is InChI=1S/C20H36O4/c1-3-4-5-6-7-8-9-10-12-18(23-17-22-2)15-16-19-13-11-14-20(21)24-19/h10,12,18-19H,3-9,11,13-17H2,1-2H3/b12-10-/t18-,19-/m0/s1. The molecule has 0 unspecified atom stereocenters. The summed E-state index contributed by atoms with van der Waals surface area (Å²) in [6.45, 7) is 2.55. The van der Waals surface area contributed by atoms with Gasteiger partial charge in [0, 0.05) is 13.5 Å². The van der Waals surface area contributed by atoms with E-state index in [4.69, 9.17) is 14.2 Å². The number of hydrogen-bond acceptors (Lipinski definition) is 4. The van der Waals surface area contributed by atoms with Crippen molar-refractivity contribution in [2.45, 2.75) is 96.2 Å². The number of unbranched alkanes of at least 4 members (excludes halogenated alkanes) is 6. The molecule has 0 aromatic carbocycles. The molecule has 0 spiro atoms. The molecule has 0 saturated carbocycles. The second-order valence-corrected chi connectivity index (χ2v) is 6.68. The van der Waals surface area contributed by atoms with E-state index in [-0.39, 0.29) is 18.2 Å². The monoisotopic (exact) mass is 340 g/mol. The maximum absolute atomic E-state index is 11.3. The summed E-state index contributed by atoms with van der Waals surface area (Å²) in [4.78, 5) is 11.3. The molecule has 4 heteroatoms. The molecule has 0 aromatic rings. The summed E-state index contributed by atoms with van der Waals surface area (Å²) in [6, 6.07) is 0. The van der Waals surface area contributed by atoms with E-state index in [9.17, 15) is 4.79 Å². The molecule has 1 aliphatic rings. The molecule has 140 valence electrons. The Bertz CT molecular complexity index is 341. The van der Waals surface area contributed by atoms with Crippen LogP contribution in [-0.2, 0) is 19.0 Å². The Morgan fingerprint density at radius 3 is 2.79 bits per heavy atom. The molecule has 1 heterocycles. The molecule has 0 aromatic heterocycles. The second-order valence-electron chi connectivity index (χ2n) is 6.68. The Hall–Kier alpha value is -0.870. The number of carbonyl (C=O) groups is 1. The number of cyclic esters (lactones) is 1. The van der Waals surface area contributed by atoms with Gasteiger partial charge in [-0.15, -0.1) is 0 Å². The zero-order chi connectivity index (χ0) is 17.5. The van der Waals surface area contributed by atoms with E-state index in [1.165, 1.54) is 38.5 Å². The molecule has 0 aliphatic carbocycles. The van der Waals surface area contributed by atoms with E-state index in [1.54, 1.807) is 7.11 Å². The number of methoxy groups -OCH3 is 1. The average molecular weight is 341 g/mol. The van der Waals surface area contributed by atoms with Crippen molar-refractivity contribution in [3.05, 3.63) is 12.2 Å². The number of carbonyl (C=O) groups excluding carboxylic acids is 1. The van der Waals surface area contributed by atoms with Crippen molar-refractivity contribution in [3.63, 3.8) is 0 Å². The summed E-state index contributed by atoms with van der Waals surface area (Å²) in [5, 5.41) is 0. The minimum absolute atomic E-state index is 0.0469. The van der Waals surface area contributed by atoms with E-state index >= 15 is 0 Å². The van der Waals surface area contributed by atoms with E-state index in [0.29, 0.717) is 13.2 Å². The molecule has 0 radical (unpaired) electrons. The smallest absolute Gasteiger partial charge is 0.306 e. The van der Waals surface area contributed by atoms with Crippen LogP contribution in [0, 0.1) is 0 Å². The van der Waals surface area contributed by atoms with Crippen molar-refractivity contribution in [1.82, 2.24) is 0 Å².